The van der Waals surface area contributed by atoms with Gasteiger partial charge in [-0.25, -0.2) is 26.9 Å². The number of fused-ring (bicyclic) bond motifs is 8. The quantitative estimate of drug-likeness (QED) is 0.164. The van der Waals surface area contributed by atoms with Crippen LogP contribution >= 0.6 is 0 Å². The van der Waals surface area contributed by atoms with E-state index in [0.29, 0.717) is 35.9 Å². The third kappa shape index (κ3) is 8.83. The Hall–Kier alpha value is -5.70. The van der Waals surface area contributed by atoms with Gasteiger partial charge in [0.15, 0.2) is 33.1 Å². The Labute approximate surface area is 316 Å². The van der Waals surface area contributed by atoms with Gasteiger partial charge in [0.2, 0.25) is 0 Å². The SMILES string of the molecule is Cn1nc2nc1-c1cc(ccc1F)Oc1c(F)cc3c(ccn3COCc3ccccc3)c1/C=C/S(=O)(=O)CCCCOC2c1cccc(CCC(=O)O)c1. The Bertz CT molecular complexity index is 2480. The number of carbonyl (C=O) groups is 1. The van der Waals surface area contributed by atoms with Gasteiger partial charge < -0.3 is 23.9 Å². The van der Waals surface area contributed by atoms with E-state index in [1.807, 2.05) is 42.5 Å². The van der Waals surface area contributed by atoms with Gasteiger partial charge in [0.25, 0.3) is 0 Å². The van der Waals surface area contributed by atoms with E-state index in [2.05, 4.69) is 10.1 Å². The van der Waals surface area contributed by atoms with E-state index in [9.17, 15) is 18.3 Å². The van der Waals surface area contributed by atoms with Crippen molar-refractivity contribution in [3.63, 3.8) is 0 Å². The molecule has 1 aliphatic heterocycles. The van der Waals surface area contributed by atoms with Crippen molar-refractivity contribution in [3.8, 4) is 22.9 Å². The topological polar surface area (TPSA) is 135 Å². The highest BCUT2D eigenvalue weighted by Crippen LogP contribution is 2.38. The number of sulfone groups is 1. The van der Waals surface area contributed by atoms with E-state index < -0.39 is 33.5 Å². The van der Waals surface area contributed by atoms with E-state index in [-0.39, 0.29) is 66.2 Å². The van der Waals surface area contributed by atoms with E-state index >= 15 is 8.78 Å². The number of hydrogen-bond donors (Lipinski definition) is 1. The van der Waals surface area contributed by atoms with Crippen LogP contribution < -0.4 is 4.74 Å². The molecule has 7 rings (SSSR count). The first kappa shape index (κ1) is 37.6. The van der Waals surface area contributed by atoms with Gasteiger partial charge in [0.1, 0.15) is 24.4 Å². The number of benzene rings is 4. The van der Waals surface area contributed by atoms with Gasteiger partial charge in [-0.15, -0.1) is 0 Å². The molecule has 0 amide bonds. The van der Waals surface area contributed by atoms with Crippen molar-refractivity contribution in [1.82, 2.24) is 19.3 Å². The number of rotatable bonds is 8. The van der Waals surface area contributed by atoms with Crippen LogP contribution in [0.2, 0.25) is 0 Å². The number of nitrogens with zero attached hydrogens (tertiary/aromatic N) is 4. The second-order valence-electron chi connectivity index (χ2n) is 13.2. The van der Waals surface area contributed by atoms with Crippen LogP contribution in [0.15, 0.2) is 96.5 Å². The van der Waals surface area contributed by atoms with Crippen LogP contribution in [0.4, 0.5) is 8.78 Å². The van der Waals surface area contributed by atoms with Crippen LogP contribution in [0.5, 0.6) is 11.5 Å². The van der Waals surface area contributed by atoms with Crippen LogP contribution in [0.1, 0.15) is 53.4 Å². The molecule has 2 aromatic heterocycles. The number of carboxylic acids is 1. The summed E-state index contributed by atoms with van der Waals surface area (Å²) in [6, 6.07) is 23.8. The summed E-state index contributed by atoms with van der Waals surface area (Å²) in [5, 5.41) is 15.3. The highest BCUT2D eigenvalue weighted by Gasteiger charge is 2.25. The molecule has 1 unspecified atom stereocenters. The average Bonchev–Trinajstić information content (AvgIpc) is 3.75. The van der Waals surface area contributed by atoms with Gasteiger partial charge in [0, 0.05) is 48.7 Å². The molecule has 1 aliphatic rings. The molecule has 0 saturated heterocycles. The molecule has 0 spiro atoms. The molecular formula is C41H38F2N4O7S. The summed E-state index contributed by atoms with van der Waals surface area (Å²) in [6.45, 7) is 0.589. The fourth-order valence-corrected chi connectivity index (χ4v) is 7.55. The number of carboxylic acid groups (broad SMARTS) is 1. The lowest BCUT2D eigenvalue weighted by Gasteiger charge is -2.17. The molecule has 11 nitrogen and oxygen atoms in total. The molecule has 4 aromatic carbocycles. The first-order valence-electron chi connectivity index (χ1n) is 17.7. The van der Waals surface area contributed by atoms with Crippen molar-refractivity contribution in [1.29, 1.82) is 0 Å². The summed E-state index contributed by atoms with van der Waals surface area (Å²) < 4.78 is 79.8. The van der Waals surface area contributed by atoms with E-state index in [0.717, 1.165) is 16.5 Å². The predicted molar refractivity (Wildman–Crippen MR) is 202 cm³/mol. The Morgan fingerprint density at radius 2 is 1.80 bits per heavy atom. The standard InChI is InChI=1S/C41H38F2N4O7S/c1-46-41-33-23-30(13-14-34(33)42)54-39-32(31-16-18-47(36(31)24-35(39)43)26-52-25-28-8-3-2-4-9-28)17-21-55(50,51)20-6-5-19-53-38(40(44-41)45-46)29-11-7-10-27(22-29)12-15-37(48)49/h2-4,7-11,13-14,16-18,21-24,38H,5-6,12,15,19-20,25-26H2,1H3,(H,48,49)/b21-17+. The van der Waals surface area contributed by atoms with Crippen LogP contribution in [0.25, 0.3) is 28.4 Å². The number of aryl methyl sites for hydroxylation is 2. The molecule has 0 radical (unpaired) electrons. The summed E-state index contributed by atoms with van der Waals surface area (Å²) in [5.41, 5.74) is 3.07. The van der Waals surface area contributed by atoms with Gasteiger partial charge in [0.05, 0.1) is 23.4 Å². The van der Waals surface area contributed by atoms with Gasteiger partial charge in [-0.1, -0.05) is 54.6 Å². The first-order chi connectivity index (χ1) is 26.5. The average molecular weight is 769 g/mol. The fourth-order valence-electron chi connectivity index (χ4n) is 6.46. The van der Waals surface area contributed by atoms with E-state index in [1.165, 1.54) is 35.0 Å². The molecule has 55 heavy (non-hydrogen) atoms. The minimum Gasteiger partial charge on any atom is -0.481 e. The Morgan fingerprint density at radius 1 is 0.982 bits per heavy atom. The summed E-state index contributed by atoms with van der Waals surface area (Å²) in [7, 11) is -2.17. The number of aliphatic carboxylic acids is 1. The molecule has 284 valence electrons. The van der Waals surface area contributed by atoms with Crippen molar-refractivity contribution < 1.29 is 41.3 Å². The lowest BCUT2D eigenvalue weighted by atomic mass is 10.0. The minimum absolute atomic E-state index is 0.0247. The normalized spacial score (nSPS) is 16.5. The molecule has 1 N–H and O–H groups in total. The number of aromatic nitrogens is 4. The summed E-state index contributed by atoms with van der Waals surface area (Å²) in [4.78, 5) is 15.9. The minimum atomic E-state index is -3.78. The Morgan fingerprint density at radius 3 is 2.62 bits per heavy atom. The lowest BCUT2D eigenvalue weighted by molar-refractivity contribution is -0.136. The maximum Gasteiger partial charge on any atom is 0.303 e. The molecule has 3 heterocycles. The maximum absolute atomic E-state index is 16.2. The van der Waals surface area contributed by atoms with Crippen LogP contribution in [-0.2, 0) is 50.9 Å². The fraction of sp³-hybridized carbons (Fsp3) is 0.244. The number of halogens is 2. The number of ether oxygens (including phenoxy) is 3. The summed E-state index contributed by atoms with van der Waals surface area (Å²) in [5.74, 6) is -2.32. The second kappa shape index (κ2) is 16.3. The van der Waals surface area contributed by atoms with Crippen molar-refractivity contribution in [2.24, 2.45) is 7.05 Å². The molecule has 0 saturated carbocycles. The largest absolute Gasteiger partial charge is 0.481 e. The van der Waals surface area contributed by atoms with Gasteiger partial charge >= 0.3 is 5.97 Å². The molecule has 0 fully saturated rings. The summed E-state index contributed by atoms with van der Waals surface area (Å²) in [6.07, 6.45) is 3.08. The molecule has 0 aliphatic carbocycles. The molecule has 14 heteroatoms. The second-order valence-corrected chi connectivity index (χ2v) is 15.2. The molecular weight excluding hydrogens is 731 g/mol. The van der Waals surface area contributed by atoms with Gasteiger partial charge in [-0.05, 0) is 66.3 Å². The predicted octanol–water partition coefficient (Wildman–Crippen LogP) is 7.98. The highest BCUT2D eigenvalue weighted by atomic mass is 32.2. The Kier molecular flexibility index (Phi) is 11.2. The van der Waals surface area contributed by atoms with Gasteiger partial charge in [-0.2, -0.15) is 5.10 Å². The first-order valence-corrected chi connectivity index (χ1v) is 19.4. The highest BCUT2D eigenvalue weighted by molar-refractivity contribution is 7.94. The number of hydrogen-bond acceptors (Lipinski definition) is 8. The van der Waals surface area contributed by atoms with E-state index in [1.54, 1.807) is 36.0 Å². The van der Waals surface area contributed by atoms with Crippen LogP contribution in [0.3, 0.4) is 0 Å². The van der Waals surface area contributed by atoms with Crippen molar-refractivity contribution in [2.45, 2.75) is 45.1 Å². The molecule has 6 aromatic rings. The zero-order valence-corrected chi connectivity index (χ0v) is 30.7. The Balaban J connectivity index is 1.27. The van der Waals surface area contributed by atoms with Crippen molar-refractivity contribution in [3.05, 3.63) is 136 Å². The van der Waals surface area contributed by atoms with Crippen LogP contribution in [-0.4, -0.2) is 51.2 Å². The third-order valence-corrected chi connectivity index (χ3v) is 10.6. The molecule has 1 atom stereocenters. The monoisotopic (exact) mass is 768 g/mol. The maximum atomic E-state index is 16.2. The molecule has 4 bridgehead atoms. The van der Waals surface area contributed by atoms with Gasteiger partial charge in [-0.3, -0.25) is 4.79 Å². The van der Waals surface area contributed by atoms with Crippen molar-refractivity contribution >= 4 is 32.8 Å². The third-order valence-electron chi connectivity index (χ3n) is 9.21. The zero-order chi connectivity index (χ0) is 38.5. The summed E-state index contributed by atoms with van der Waals surface area (Å²) >= 11 is 0. The van der Waals surface area contributed by atoms with Crippen LogP contribution in [0, 0.1) is 11.6 Å². The van der Waals surface area contributed by atoms with Crippen molar-refractivity contribution in [2.75, 3.05) is 12.4 Å². The smallest absolute Gasteiger partial charge is 0.303 e. The zero-order valence-electron chi connectivity index (χ0n) is 29.9. The lowest BCUT2D eigenvalue weighted by Crippen LogP contribution is -2.11. The van der Waals surface area contributed by atoms with E-state index in [4.69, 9.17) is 14.2 Å².